The first-order valence-electron chi connectivity index (χ1n) is 7.40. The quantitative estimate of drug-likeness (QED) is 0.774. The number of likely N-dealkylation sites (N-methyl/N-ethyl adjacent to an activating group) is 2. The van der Waals surface area contributed by atoms with Crippen LogP contribution in [0.5, 0.6) is 0 Å². The summed E-state index contributed by atoms with van der Waals surface area (Å²) in [5.74, 6) is 0.736. The minimum absolute atomic E-state index is 0.672. The van der Waals surface area contributed by atoms with E-state index in [1.807, 2.05) is 0 Å². The Labute approximate surface area is 112 Å². The van der Waals surface area contributed by atoms with Gasteiger partial charge in [-0.25, -0.2) is 0 Å². The SMILES string of the molecule is CC(C)C1CN(CC2CN(C)CCN2C)CCN1. The van der Waals surface area contributed by atoms with Crippen LogP contribution in [0.3, 0.4) is 0 Å². The van der Waals surface area contributed by atoms with Gasteiger partial charge in [-0.2, -0.15) is 0 Å². The molecule has 1 N–H and O–H groups in total. The molecule has 0 spiro atoms. The Morgan fingerprint density at radius 2 is 1.89 bits per heavy atom. The highest BCUT2D eigenvalue weighted by atomic mass is 15.3. The minimum atomic E-state index is 0.672. The van der Waals surface area contributed by atoms with Crippen LogP contribution in [-0.4, -0.2) is 86.7 Å². The maximum atomic E-state index is 3.64. The van der Waals surface area contributed by atoms with Crippen LogP contribution in [0, 0.1) is 5.92 Å². The molecule has 0 aromatic carbocycles. The molecule has 2 aliphatic rings. The molecule has 0 aromatic rings. The lowest BCUT2D eigenvalue weighted by Gasteiger charge is -2.43. The first kappa shape index (κ1) is 14.3. The molecule has 0 amide bonds. The normalized spacial score (nSPS) is 33.2. The second-order valence-electron chi connectivity index (χ2n) is 6.46. The van der Waals surface area contributed by atoms with Crippen LogP contribution in [-0.2, 0) is 0 Å². The van der Waals surface area contributed by atoms with Gasteiger partial charge in [0, 0.05) is 57.9 Å². The summed E-state index contributed by atoms with van der Waals surface area (Å²) >= 11 is 0. The Morgan fingerprint density at radius 3 is 2.61 bits per heavy atom. The van der Waals surface area contributed by atoms with Crippen LogP contribution in [0.25, 0.3) is 0 Å². The number of hydrogen-bond acceptors (Lipinski definition) is 4. The molecule has 2 atom stereocenters. The first-order chi connectivity index (χ1) is 8.56. The molecular formula is C14H30N4. The summed E-state index contributed by atoms with van der Waals surface area (Å²) in [4.78, 5) is 7.65. The number of rotatable bonds is 3. The Kier molecular flexibility index (Phi) is 5.01. The standard InChI is InChI=1S/C14H30N4/c1-12(2)14-11-18(6-5-15-14)10-13-9-16(3)7-8-17(13)4/h12-15H,5-11H2,1-4H3. The van der Waals surface area contributed by atoms with E-state index in [-0.39, 0.29) is 0 Å². The number of nitrogens with one attached hydrogen (secondary N) is 1. The fraction of sp³-hybridized carbons (Fsp3) is 1.00. The number of piperazine rings is 2. The van der Waals surface area contributed by atoms with Gasteiger partial charge in [0.05, 0.1) is 0 Å². The van der Waals surface area contributed by atoms with Crippen molar-refractivity contribution in [2.24, 2.45) is 5.92 Å². The maximum absolute atomic E-state index is 3.64. The highest BCUT2D eigenvalue weighted by Crippen LogP contribution is 2.12. The van der Waals surface area contributed by atoms with Gasteiger partial charge in [0.15, 0.2) is 0 Å². The fourth-order valence-corrected chi connectivity index (χ4v) is 3.05. The van der Waals surface area contributed by atoms with E-state index in [4.69, 9.17) is 0 Å². The Bertz CT molecular complexity index is 256. The van der Waals surface area contributed by atoms with Crippen molar-refractivity contribution in [1.82, 2.24) is 20.0 Å². The van der Waals surface area contributed by atoms with Crippen LogP contribution in [0.4, 0.5) is 0 Å². The lowest BCUT2D eigenvalue weighted by molar-refractivity contribution is 0.0684. The first-order valence-corrected chi connectivity index (χ1v) is 7.40. The van der Waals surface area contributed by atoms with Gasteiger partial charge >= 0.3 is 0 Å². The molecule has 2 unspecified atom stereocenters. The van der Waals surface area contributed by atoms with E-state index in [1.165, 1.54) is 39.3 Å². The van der Waals surface area contributed by atoms with Crippen molar-refractivity contribution >= 4 is 0 Å². The third-order valence-corrected chi connectivity index (χ3v) is 4.54. The van der Waals surface area contributed by atoms with E-state index >= 15 is 0 Å². The molecule has 2 rings (SSSR count). The largest absolute Gasteiger partial charge is 0.311 e. The van der Waals surface area contributed by atoms with Crippen molar-refractivity contribution in [3.8, 4) is 0 Å². The third-order valence-electron chi connectivity index (χ3n) is 4.54. The van der Waals surface area contributed by atoms with Crippen molar-refractivity contribution in [3.05, 3.63) is 0 Å². The minimum Gasteiger partial charge on any atom is -0.311 e. The van der Waals surface area contributed by atoms with Gasteiger partial charge in [0.1, 0.15) is 0 Å². The molecule has 2 fully saturated rings. The van der Waals surface area contributed by atoms with Crippen LogP contribution in [0.15, 0.2) is 0 Å². The zero-order valence-electron chi connectivity index (χ0n) is 12.5. The molecule has 0 aliphatic carbocycles. The molecule has 4 nitrogen and oxygen atoms in total. The Morgan fingerprint density at radius 1 is 1.11 bits per heavy atom. The molecular weight excluding hydrogens is 224 g/mol. The van der Waals surface area contributed by atoms with Gasteiger partial charge in [-0.3, -0.25) is 9.80 Å². The van der Waals surface area contributed by atoms with E-state index in [1.54, 1.807) is 0 Å². The van der Waals surface area contributed by atoms with Gasteiger partial charge in [-0.05, 0) is 20.0 Å². The third kappa shape index (κ3) is 3.67. The number of hydrogen-bond donors (Lipinski definition) is 1. The van der Waals surface area contributed by atoms with Crippen molar-refractivity contribution in [2.75, 3.05) is 59.9 Å². The summed E-state index contributed by atoms with van der Waals surface area (Å²) in [6.45, 7) is 13.1. The summed E-state index contributed by atoms with van der Waals surface area (Å²) in [5.41, 5.74) is 0. The molecule has 2 aliphatic heterocycles. The van der Waals surface area contributed by atoms with E-state index in [0.29, 0.717) is 12.1 Å². The number of nitrogens with zero attached hydrogens (tertiary/aromatic N) is 3. The Balaban J connectivity index is 1.84. The van der Waals surface area contributed by atoms with Crippen LogP contribution >= 0.6 is 0 Å². The summed E-state index contributed by atoms with van der Waals surface area (Å²) in [6, 6.07) is 1.38. The second kappa shape index (κ2) is 6.33. The second-order valence-corrected chi connectivity index (χ2v) is 6.46. The monoisotopic (exact) mass is 254 g/mol. The predicted molar refractivity (Wildman–Crippen MR) is 77.0 cm³/mol. The van der Waals surface area contributed by atoms with Gasteiger partial charge in [0.25, 0.3) is 0 Å². The van der Waals surface area contributed by atoms with Crippen molar-refractivity contribution in [1.29, 1.82) is 0 Å². The van der Waals surface area contributed by atoms with Crippen LogP contribution in [0.2, 0.25) is 0 Å². The zero-order chi connectivity index (χ0) is 13.1. The van der Waals surface area contributed by atoms with E-state index in [9.17, 15) is 0 Å². The molecule has 106 valence electrons. The molecule has 0 saturated carbocycles. The highest BCUT2D eigenvalue weighted by molar-refractivity contribution is 4.86. The molecule has 0 radical (unpaired) electrons. The summed E-state index contributed by atoms with van der Waals surface area (Å²) in [6.07, 6.45) is 0. The molecule has 4 heteroatoms. The molecule has 0 aromatic heterocycles. The molecule has 0 bridgehead atoms. The summed E-state index contributed by atoms with van der Waals surface area (Å²) in [5, 5.41) is 3.64. The van der Waals surface area contributed by atoms with Crippen molar-refractivity contribution in [3.63, 3.8) is 0 Å². The lowest BCUT2D eigenvalue weighted by Crippen LogP contribution is -2.59. The topological polar surface area (TPSA) is 21.8 Å². The summed E-state index contributed by atoms with van der Waals surface area (Å²) in [7, 11) is 4.52. The van der Waals surface area contributed by atoms with E-state index in [0.717, 1.165) is 12.5 Å². The summed E-state index contributed by atoms with van der Waals surface area (Å²) < 4.78 is 0. The average molecular weight is 254 g/mol. The van der Waals surface area contributed by atoms with Gasteiger partial charge in [0.2, 0.25) is 0 Å². The van der Waals surface area contributed by atoms with E-state index in [2.05, 4.69) is 48.0 Å². The fourth-order valence-electron chi connectivity index (χ4n) is 3.05. The van der Waals surface area contributed by atoms with Crippen LogP contribution < -0.4 is 5.32 Å². The van der Waals surface area contributed by atoms with Gasteiger partial charge in [-0.1, -0.05) is 13.8 Å². The lowest BCUT2D eigenvalue weighted by atomic mass is 10.0. The van der Waals surface area contributed by atoms with Gasteiger partial charge in [-0.15, -0.1) is 0 Å². The smallest absolute Gasteiger partial charge is 0.0347 e. The van der Waals surface area contributed by atoms with Gasteiger partial charge < -0.3 is 10.2 Å². The average Bonchev–Trinajstić information content (AvgIpc) is 2.34. The molecule has 18 heavy (non-hydrogen) atoms. The molecule has 2 heterocycles. The Hall–Kier alpha value is -0.160. The predicted octanol–water partition coefficient (Wildman–Crippen LogP) is 0.162. The zero-order valence-corrected chi connectivity index (χ0v) is 12.5. The van der Waals surface area contributed by atoms with Crippen LogP contribution in [0.1, 0.15) is 13.8 Å². The van der Waals surface area contributed by atoms with E-state index < -0.39 is 0 Å². The maximum Gasteiger partial charge on any atom is 0.0347 e. The van der Waals surface area contributed by atoms with Crippen molar-refractivity contribution in [2.45, 2.75) is 25.9 Å². The van der Waals surface area contributed by atoms with Crippen molar-refractivity contribution < 1.29 is 0 Å². The molecule has 2 saturated heterocycles. The highest BCUT2D eigenvalue weighted by Gasteiger charge is 2.27.